The first-order valence-corrected chi connectivity index (χ1v) is 9.63. The number of hydrogen-bond acceptors (Lipinski definition) is 3. The average molecular weight is 423 g/mol. The average Bonchev–Trinajstić information content (AvgIpc) is 2.87. The Kier molecular flexibility index (Phi) is 7.66. The van der Waals surface area contributed by atoms with Gasteiger partial charge in [-0.15, -0.1) is 0 Å². The lowest BCUT2D eigenvalue weighted by Gasteiger charge is -2.16. The molecule has 150 valence electrons. The predicted molar refractivity (Wildman–Crippen MR) is 112 cm³/mol. The number of carbonyl (C=O) groups is 2. The van der Waals surface area contributed by atoms with E-state index in [9.17, 15) is 9.59 Å². The lowest BCUT2D eigenvalue weighted by atomic mass is 10.2. The van der Waals surface area contributed by atoms with E-state index >= 15 is 0 Å². The Balaban J connectivity index is 2.07. The highest BCUT2D eigenvalue weighted by atomic mass is 35.5. The molecular weight excluding hydrogens is 399 g/mol. The largest absolute Gasteiger partial charge is 0.352 e. The molecule has 2 aromatic rings. The summed E-state index contributed by atoms with van der Waals surface area (Å²) in [6, 6.07) is 7.47. The molecule has 0 atom stereocenters. The number of aryl methyl sites for hydroxylation is 1. The van der Waals surface area contributed by atoms with E-state index in [2.05, 4.69) is 10.4 Å². The van der Waals surface area contributed by atoms with Gasteiger partial charge in [0.05, 0.1) is 18.8 Å². The van der Waals surface area contributed by atoms with Gasteiger partial charge in [-0.2, -0.15) is 5.10 Å². The molecular formula is C20H24Cl2N4O2. The molecule has 2 amide bonds. The molecule has 0 fully saturated rings. The van der Waals surface area contributed by atoms with Crippen LogP contribution in [-0.4, -0.2) is 46.1 Å². The van der Waals surface area contributed by atoms with E-state index < -0.39 is 0 Å². The summed E-state index contributed by atoms with van der Waals surface area (Å²) >= 11 is 12.4. The SMILES string of the molecule is Cc1nn(Cc2ccc(Cl)cc2)c(Cl)c1/C=C/C(=O)N(C)CC(=O)NC(C)C. The van der Waals surface area contributed by atoms with Crippen LogP contribution in [-0.2, 0) is 16.1 Å². The summed E-state index contributed by atoms with van der Waals surface area (Å²) < 4.78 is 1.67. The van der Waals surface area contributed by atoms with Crippen LogP contribution < -0.4 is 5.32 Å². The van der Waals surface area contributed by atoms with Crippen LogP contribution in [0.3, 0.4) is 0 Å². The molecule has 1 N–H and O–H groups in total. The molecule has 8 heteroatoms. The highest BCUT2D eigenvalue weighted by Crippen LogP contribution is 2.22. The van der Waals surface area contributed by atoms with Gasteiger partial charge in [0, 0.05) is 29.8 Å². The summed E-state index contributed by atoms with van der Waals surface area (Å²) in [5.41, 5.74) is 2.39. The summed E-state index contributed by atoms with van der Waals surface area (Å²) in [6.45, 7) is 6.05. The van der Waals surface area contributed by atoms with Gasteiger partial charge in [-0.05, 0) is 44.5 Å². The van der Waals surface area contributed by atoms with Crippen molar-refractivity contribution < 1.29 is 9.59 Å². The predicted octanol–water partition coefficient (Wildman–Crippen LogP) is 3.54. The molecule has 0 spiro atoms. The third-order valence-electron chi connectivity index (χ3n) is 3.95. The Bertz CT molecular complexity index is 873. The van der Waals surface area contributed by atoms with Gasteiger partial charge in [0.2, 0.25) is 11.8 Å². The van der Waals surface area contributed by atoms with E-state index in [-0.39, 0.29) is 24.4 Å². The molecule has 1 aromatic heterocycles. The Labute approximate surface area is 175 Å². The molecule has 0 bridgehead atoms. The fourth-order valence-electron chi connectivity index (χ4n) is 2.57. The van der Waals surface area contributed by atoms with Crippen molar-refractivity contribution >= 4 is 41.1 Å². The molecule has 28 heavy (non-hydrogen) atoms. The minimum absolute atomic E-state index is 0.0100. The second-order valence-corrected chi connectivity index (χ2v) is 7.62. The van der Waals surface area contributed by atoms with E-state index in [0.717, 1.165) is 5.56 Å². The maximum absolute atomic E-state index is 12.3. The maximum Gasteiger partial charge on any atom is 0.246 e. The number of aromatic nitrogens is 2. The van der Waals surface area contributed by atoms with Crippen LogP contribution >= 0.6 is 23.2 Å². The number of nitrogens with one attached hydrogen (secondary N) is 1. The van der Waals surface area contributed by atoms with Crippen LogP contribution in [0.1, 0.15) is 30.7 Å². The van der Waals surface area contributed by atoms with Crippen molar-refractivity contribution in [2.75, 3.05) is 13.6 Å². The fourth-order valence-corrected chi connectivity index (χ4v) is 2.99. The van der Waals surface area contributed by atoms with Gasteiger partial charge >= 0.3 is 0 Å². The fraction of sp³-hybridized carbons (Fsp3) is 0.350. The number of benzene rings is 1. The summed E-state index contributed by atoms with van der Waals surface area (Å²) in [5, 5.41) is 8.30. The molecule has 0 aliphatic heterocycles. The van der Waals surface area contributed by atoms with Gasteiger partial charge in [0.15, 0.2) is 0 Å². The molecule has 0 unspecified atom stereocenters. The Morgan fingerprint density at radius 2 is 1.89 bits per heavy atom. The van der Waals surface area contributed by atoms with Crippen molar-refractivity contribution in [1.29, 1.82) is 0 Å². The van der Waals surface area contributed by atoms with Crippen LogP contribution in [0, 0.1) is 6.92 Å². The van der Waals surface area contributed by atoms with Gasteiger partial charge in [-0.3, -0.25) is 9.59 Å². The zero-order valence-corrected chi connectivity index (χ0v) is 17.9. The molecule has 6 nitrogen and oxygen atoms in total. The van der Waals surface area contributed by atoms with Crippen LogP contribution in [0.2, 0.25) is 10.2 Å². The zero-order chi connectivity index (χ0) is 20.8. The molecule has 0 saturated heterocycles. The standard InChI is InChI=1S/C20H24Cl2N4O2/c1-13(2)23-18(27)12-25(4)19(28)10-9-17-14(3)24-26(20(17)22)11-15-5-7-16(21)8-6-15/h5-10,13H,11-12H2,1-4H3,(H,23,27)/b10-9+. The van der Waals surface area contributed by atoms with Gasteiger partial charge in [0.1, 0.15) is 5.15 Å². The quantitative estimate of drug-likeness (QED) is 0.693. The monoisotopic (exact) mass is 422 g/mol. The molecule has 0 radical (unpaired) electrons. The van der Waals surface area contributed by atoms with Gasteiger partial charge < -0.3 is 10.2 Å². The first-order valence-electron chi connectivity index (χ1n) is 8.87. The third kappa shape index (κ3) is 6.11. The highest BCUT2D eigenvalue weighted by molar-refractivity contribution is 6.31. The van der Waals surface area contributed by atoms with E-state index in [0.29, 0.717) is 28.0 Å². The van der Waals surface area contributed by atoms with Crippen LogP contribution in [0.4, 0.5) is 0 Å². The van der Waals surface area contributed by atoms with Crippen molar-refractivity contribution in [1.82, 2.24) is 20.0 Å². The molecule has 2 rings (SSSR count). The van der Waals surface area contributed by atoms with Crippen LogP contribution in [0.25, 0.3) is 6.08 Å². The molecule has 0 aliphatic carbocycles. The van der Waals surface area contributed by atoms with Gasteiger partial charge in [-0.25, -0.2) is 4.68 Å². The smallest absolute Gasteiger partial charge is 0.246 e. The number of amides is 2. The number of hydrogen-bond donors (Lipinski definition) is 1. The molecule has 1 heterocycles. The van der Waals surface area contributed by atoms with E-state index in [1.54, 1.807) is 17.8 Å². The summed E-state index contributed by atoms with van der Waals surface area (Å²) in [4.78, 5) is 25.4. The Morgan fingerprint density at radius 1 is 1.25 bits per heavy atom. The van der Waals surface area contributed by atoms with Crippen molar-refractivity contribution in [3.8, 4) is 0 Å². The van der Waals surface area contributed by atoms with E-state index in [1.807, 2.05) is 45.0 Å². The Hall–Kier alpha value is -2.31. The Morgan fingerprint density at radius 3 is 2.50 bits per heavy atom. The van der Waals surface area contributed by atoms with Crippen molar-refractivity contribution in [3.05, 3.63) is 57.3 Å². The minimum atomic E-state index is -0.292. The van der Waals surface area contributed by atoms with Crippen LogP contribution in [0.15, 0.2) is 30.3 Å². The first kappa shape index (κ1) is 22.0. The number of nitrogens with zero attached hydrogens (tertiary/aromatic N) is 3. The maximum atomic E-state index is 12.3. The number of halogens is 2. The van der Waals surface area contributed by atoms with Crippen molar-refractivity contribution in [2.45, 2.75) is 33.4 Å². The van der Waals surface area contributed by atoms with E-state index in [1.165, 1.54) is 11.0 Å². The lowest BCUT2D eigenvalue weighted by molar-refractivity contribution is -0.131. The molecule has 1 aromatic carbocycles. The number of carbonyl (C=O) groups excluding carboxylic acids is 2. The zero-order valence-electron chi connectivity index (χ0n) is 16.4. The third-order valence-corrected chi connectivity index (χ3v) is 4.60. The minimum Gasteiger partial charge on any atom is -0.352 e. The van der Waals surface area contributed by atoms with E-state index in [4.69, 9.17) is 23.2 Å². The van der Waals surface area contributed by atoms with Crippen LogP contribution in [0.5, 0.6) is 0 Å². The highest BCUT2D eigenvalue weighted by Gasteiger charge is 2.14. The summed E-state index contributed by atoms with van der Waals surface area (Å²) in [6.07, 6.45) is 3.02. The topological polar surface area (TPSA) is 67.2 Å². The summed E-state index contributed by atoms with van der Waals surface area (Å²) in [7, 11) is 1.57. The second-order valence-electron chi connectivity index (χ2n) is 6.82. The first-order chi connectivity index (χ1) is 13.2. The van der Waals surface area contributed by atoms with Crippen molar-refractivity contribution in [2.24, 2.45) is 0 Å². The normalized spacial score (nSPS) is 11.2. The molecule has 0 saturated carbocycles. The number of likely N-dealkylation sites (N-methyl/N-ethyl adjacent to an activating group) is 1. The van der Waals surface area contributed by atoms with Gasteiger partial charge in [-0.1, -0.05) is 35.3 Å². The number of rotatable bonds is 7. The van der Waals surface area contributed by atoms with Crippen molar-refractivity contribution in [3.63, 3.8) is 0 Å². The lowest BCUT2D eigenvalue weighted by Crippen LogP contribution is -2.40. The molecule has 0 aliphatic rings. The summed E-state index contributed by atoms with van der Waals surface area (Å²) in [5.74, 6) is -0.496. The second kappa shape index (κ2) is 9.75. The van der Waals surface area contributed by atoms with Gasteiger partial charge in [0.25, 0.3) is 0 Å².